The molecule has 2 radical (unpaired) electrons. The first kappa shape index (κ1) is 69.9. The van der Waals surface area contributed by atoms with E-state index in [2.05, 4.69) is 0 Å². The molecule has 0 amide bonds. The Labute approximate surface area is 49.9 Å². The second-order valence-electron chi connectivity index (χ2n) is 0. The fraction of sp³-hybridized carbons (Fsp3) is 0. The van der Waals surface area contributed by atoms with Gasteiger partial charge in [-0.15, -0.1) is 0 Å². The predicted octanol–water partition coefficient (Wildman–Crippen LogP) is -5.67. The minimum atomic E-state index is 0. The van der Waals surface area contributed by atoms with Gasteiger partial charge in [0.05, 0.1) is 0 Å². The van der Waals surface area contributed by atoms with Crippen molar-refractivity contribution in [2.24, 2.45) is 0 Å². The summed E-state index contributed by atoms with van der Waals surface area (Å²) in [5.41, 5.74) is 0. The molecule has 0 rings (SSSR count). The SMILES string of the molecule is [CH2].[Cl-].[Cl-].[Cr+2]. The molecule has 26 valence electrons. The van der Waals surface area contributed by atoms with Gasteiger partial charge in [0.15, 0.2) is 0 Å². The third kappa shape index (κ3) is 11.2. The van der Waals surface area contributed by atoms with E-state index in [0.717, 1.165) is 0 Å². The van der Waals surface area contributed by atoms with Gasteiger partial charge < -0.3 is 24.8 Å². The summed E-state index contributed by atoms with van der Waals surface area (Å²) in [7, 11) is 0. The zero-order valence-electron chi connectivity index (χ0n) is 1.87. The third-order valence-electron chi connectivity index (χ3n) is 0. The maximum absolute atomic E-state index is 0. The average Bonchev–Trinajstić information content (AvgIpc) is 0. The summed E-state index contributed by atoms with van der Waals surface area (Å²) < 4.78 is 0. The summed E-state index contributed by atoms with van der Waals surface area (Å²) in [6.45, 7) is 0. The van der Waals surface area contributed by atoms with Crippen molar-refractivity contribution in [1.82, 2.24) is 0 Å². The van der Waals surface area contributed by atoms with Crippen LogP contribution in [0.4, 0.5) is 0 Å². The predicted molar refractivity (Wildman–Crippen MR) is 5.36 cm³/mol. The summed E-state index contributed by atoms with van der Waals surface area (Å²) >= 11 is 0. The Kier molecular flexibility index (Phi) is 562. The maximum atomic E-state index is 0. The first-order valence-corrected chi connectivity index (χ1v) is 0. The molecule has 0 saturated carbocycles. The fourth-order valence-electron chi connectivity index (χ4n) is 0. The van der Waals surface area contributed by atoms with Gasteiger partial charge in [-0.2, -0.15) is 0 Å². The van der Waals surface area contributed by atoms with Crippen molar-refractivity contribution in [3.63, 3.8) is 0 Å². The molecular formula is CH2Cl2Cr. The van der Waals surface area contributed by atoms with E-state index in [4.69, 9.17) is 0 Å². The van der Waals surface area contributed by atoms with E-state index in [1.54, 1.807) is 0 Å². The Bertz CT molecular complexity index is 6.00. The van der Waals surface area contributed by atoms with Gasteiger partial charge in [-0.3, -0.25) is 0 Å². The van der Waals surface area contributed by atoms with Gasteiger partial charge in [-0.1, -0.05) is 7.43 Å². The van der Waals surface area contributed by atoms with Gasteiger partial charge in [-0.25, -0.2) is 0 Å². The van der Waals surface area contributed by atoms with Gasteiger partial charge in [0, 0.05) is 0 Å². The molecule has 3 heteroatoms. The average molecular weight is 137 g/mol. The van der Waals surface area contributed by atoms with Crippen LogP contribution < -0.4 is 24.8 Å². The van der Waals surface area contributed by atoms with Crippen LogP contribution >= 0.6 is 0 Å². The molecular weight excluding hydrogens is 135 g/mol. The van der Waals surface area contributed by atoms with E-state index in [9.17, 15) is 0 Å². The van der Waals surface area contributed by atoms with Crippen LogP contribution in [0.2, 0.25) is 0 Å². The summed E-state index contributed by atoms with van der Waals surface area (Å²) in [5, 5.41) is 0. The van der Waals surface area contributed by atoms with Gasteiger partial charge in [0.2, 0.25) is 0 Å². The van der Waals surface area contributed by atoms with Crippen molar-refractivity contribution >= 4 is 0 Å². The molecule has 0 aliphatic carbocycles. The van der Waals surface area contributed by atoms with E-state index >= 15 is 0 Å². The van der Waals surface area contributed by atoms with Crippen molar-refractivity contribution in [3.8, 4) is 0 Å². The van der Waals surface area contributed by atoms with E-state index in [-0.39, 0.29) is 49.6 Å². The zero-order chi connectivity index (χ0) is 0. The zero-order valence-corrected chi connectivity index (χ0v) is 4.66. The molecule has 0 aliphatic heterocycles. The standard InChI is InChI=1S/CH2.2ClH.Cr/h1H2;2*1H;/q;;;+2/p-2. The summed E-state index contributed by atoms with van der Waals surface area (Å²) in [4.78, 5) is 0. The van der Waals surface area contributed by atoms with Crippen LogP contribution in [0.15, 0.2) is 0 Å². The first-order chi connectivity index (χ1) is 0. The van der Waals surface area contributed by atoms with Gasteiger partial charge >= 0.3 is 17.4 Å². The Morgan fingerprint density at radius 2 is 0.750 bits per heavy atom. The Balaban J connectivity index is 0. The molecule has 0 nitrogen and oxygen atoms in total. The van der Waals surface area contributed by atoms with Crippen molar-refractivity contribution in [3.05, 3.63) is 7.43 Å². The monoisotopic (exact) mass is 136 g/mol. The van der Waals surface area contributed by atoms with Crippen LogP contribution in [0.1, 0.15) is 0 Å². The number of hydrogen-bond donors (Lipinski definition) is 0. The van der Waals surface area contributed by atoms with E-state index in [0.29, 0.717) is 0 Å². The van der Waals surface area contributed by atoms with Crippen LogP contribution in [0.5, 0.6) is 0 Å². The van der Waals surface area contributed by atoms with E-state index < -0.39 is 0 Å². The topological polar surface area (TPSA) is 0 Å². The summed E-state index contributed by atoms with van der Waals surface area (Å²) in [6.07, 6.45) is 0. The summed E-state index contributed by atoms with van der Waals surface area (Å²) in [5.74, 6) is 0. The minimum absolute atomic E-state index is 0. The second-order valence-corrected chi connectivity index (χ2v) is 0. The number of rotatable bonds is 0. The molecule has 0 fully saturated rings. The fourth-order valence-corrected chi connectivity index (χ4v) is 0. The smallest absolute Gasteiger partial charge is 1.00 e. The molecule has 0 bridgehead atoms. The molecule has 0 unspecified atom stereocenters. The van der Waals surface area contributed by atoms with Gasteiger partial charge in [0.25, 0.3) is 0 Å². The molecule has 0 aromatic rings. The number of halogens is 2. The number of hydrogen-bond acceptors (Lipinski definition) is 0. The molecule has 4 heavy (non-hydrogen) atoms. The van der Waals surface area contributed by atoms with E-state index in [1.165, 1.54) is 0 Å². The molecule has 0 heterocycles. The van der Waals surface area contributed by atoms with Crippen molar-refractivity contribution in [2.45, 2.75) is 0 Å². The van der Waals surface area contributed by atoms with Crippen LogP contribution in [-0.2, 0) is 17.4 Å². The van der Waals surface area contributed by atoms with Crippen molar-refractivity contribution in [1.29, 1.82) is 0 Å². The summed E-state index contributed by atoms with van der Waals surface area (Å²) in [6, 6.07) is 0. The Hall–Kier alpha value is 1.11. The molecule has 0 saturated heterocycles. The van der Waals surface area contributed by atoms with Crippen LogP contribution in [0, 0.1) is 7.43 Å². The third-order valence-corrected chi connectivity index (χ3v) is 0. The first-order valence-electron chi connectivity index (χ1n) is 0. The Morgan fingerprint density at radius 3 is 0.750 bits per heavy atom. The van der Waals surface area contributed by atoms with Crippen LogP contribution in [0.3, 0.4) is 0 Å². The Morgan fingerprint density at radius 1 is 0.750 bits per heavy atom. The molecule has 0 atom stereocenters. The van der Waals surface area contributed by atoms with Crippen LogP contribution in [0.25, 0.3) is 0 Å². The van der Waals surface area contributed by atoms with Gasteiger partial charge in [0.1, 0.15) is 0 Å². The molecule has 0 aliphatic rings. The maximum Gasteiger partial charge on any atom is 2.00 e. The quantitative estimate of drug-likeness (QED) is 0.312. The largest absolute Gasteiger partial charge is 2.00 e. The molecule has 0 aromatic heterocycles. The molecule has 0 N–H and O–H groups in total. The van der Waals surface area contributed by atoms with E-state index in [1.807, 2.05) is 0 Å². The normalized spacial score (nSPS) is 0. The van der Waals surface area contributed by atoms with Crippen molar-refractivity contribution < 1.29 is 42.2 Å². The van der Waals surface area contributed by atoms with Crippen LogP contribution in [-0.4, -0.2) is 0 Å². The molecule has 0 aromatic carbocycles. The van der Waals surface area contributed by atoms with Crippen molar-refractivity contribution in [2.75, 3.05) is 0 Å². The minimum Gasteiger partial charge on any atom is -1.00 e. The second kappa shape index (κ2) is 32.2. The van der Waals surface area contributed by atoms with Gasteiger partial charge in [-0.05, 0) is 0 Å². The molecule has 0 spiro atoms.